The molecule has 2 aromatic rings. The highest BCUT2D eigenvalue weighted by Gasteiger charge is 2.26. The van der Waals surface area contributed by atoms with E-state index in [9.17, 15) is 0 Å². The molecule has 0 N–H and O–H groups in total. The van der Waals surface area contributed by atoms with Crippen LogP contribution in [0.15, 0.2) is 30.3 Å². The van der Waals surface area contributed by atoms with Gasteiger partial charge in [0.2, 0.25) is 5.88 Å². The van der Waals surface area contributed by atoms with Gasteiger partial charge >= 0.3 is 0 Å². The van der Waals surface area contributed by atoms with Crippen LogP contribution in [0.5, 0.6) is 5.88 Å². The van der Waals surface area contributed by atoms with Crippen molar-refractivity contribution in [1.29, 1.82) is 0 Å². The third-order valence-corrected chi connectivity index (χ3v) is 3.81. The number of aromatic nitrogens is 2. The molecule has 18 heavy (non-hydrogen) atoms. The summed E-state index contributed by atoms with van der Waals surface area (Å²) in [5.74, 6) is 1.48. The van der Waals surface area contributed by atoms with Gasteiger partial charge in [0, 0.05) is 28.6 Å². The summed E-state index contributed by atoms with van der Waals surface area (Å²) in [6.45, 7) is 2.02. The Morgan fingerprint density at radius 3 is 2.78 bits per heavy atom. The molecular formula is C14H13BrN2O. The van der Waals surface area contributed by atoms with Crippen LogP contribution in [0, 0.1) is 6.92 Å². The van der Waals surface area contributed by atoms with Gasteiger partial charge < -0.3 is 4.74 Å². The fourth-order valence-electron chi connectivity index (χ4n) is 2.13. The van der Waals surface area contributed by atoms with Crippen LogP contribution in [0.4, 0.5) is 0 Å². The Balaban J connectivity index is 2.04. The molecule has 0 aliphatic carbocycles. The van der Waals surface area contributed by atoms with Gasteiger partial charge in [-0.2, -0.15) is 4.98 Å². The summed E-state index contributed by atoms with van der Waals surface area (Å²) in [6.07, 6.45) is 1.07. The summed E-state index contributed by atoms with van der Waals surface area (Å²) < 4.78 is 5.80. The Labute approximate surface area is 114 Å². The smallest absolute Gasteiger partial charge is 0.220 e. The molecule has 1 atom stereocenters. The van der Waals surface area contributed by atoms with E-state index in [1.54, 1.807) is 0 Å². The van der Waals surface area contributed by atoms with E-state index in [2.05, 4.69) is 25.9 Å². The highest BCUT2D eigenvalue weighted by molar-refractivity contribution is 9.09. The van der Waals surface area contributed by atoms with Crippen molar-refractivity contribution >= 4 is 15.9 Å². The molecule has 0 spiro atoms. The number of alkyl halides is 1. The molecule has 2 heterocycles. The number of nitrogens with zero attached hydrogens (tertiary/aromatic N) is 2. The van der Waals surface area contributed by atoms with Crippen LogP contribution in [0.2, 0.25) is 0 Å². The number of hydrogen-bond acceptors (Lipinski definition) is 3. The van der Waals surface area contributed by atoms with Gasteiger partial charge in [-0.15, -0.1) is 0 Å². The average molecular weight is 305 g/mol. The fourth-order valence-corrected chi connectivity index (χ4v) is 2.49. The predicted molar refractivity (Wildman–Crippen MR) is 74.1 cm³/mol. The first-order valence-electron chi connectivity index (χ1n) is 5.93. The van der Waals surface area contributed by atoms with E-state index in [4.69, 9.17) is 4.74 Å². The van der Waals surface area contributed by atoms with E-state index in [1.165, 1.54) is 0 Å². The van der Waals surface area contributed by atoms with E-state index in [1.807, 2.05) is 37.3 Å². The van der Waals surface area contributed by atoms with Gasteiger partial charge in [-0.3, -0.25) is 0 Å². The van der Waals surface area contributed by atoms with Crippen molar-refractivity contribution in [3.8, 4) is 17.3 Å². The van der Waals surface area contributed by atoms with Crippen LogP contribution in [0.3, 0.4) is 0 Å². The number of aryl methyl sites for hydroxylation is 1. The lowest BCUT2D eigenvalue weighted by molar-refractivity contribution is 0.252. The van der Waals surface area contributed by atoms with E-state index in [-0.39, 0.29) is 6.10 Å². The average Bonchev–Trinajstić information content (AvgIpc) is 2.83. The fraction of sp³-hybridized carbons (Fsp3) is 0.286. The van der Waals surface area contributed by atoms with Crippen molar-refractivity contribution in [1.82, 2.24) is 9.97 Å². The van der Waals surface area contributed by atoms with E-state index < -0.39 is 0 Å². The number of halogens is 1. The molecule has 0 bridgehead atoms. The molecule has 3 nitrogen and oxygen atoms in total. The van der Waals surface area contributed by atoms with Crippen molar-refractivity contribution in [3.05, 3.63) is 41.6 Å². The highest BCUT2D eigenvalue weighted by Crippen LogP contribution is 2.31. The molecule has 0 fully saturated rings. The third kappa shape index (κ3) is 2.01. The zero-order chi connectivity index (χ0) is 12.5. The monoisotopic (exact) mass is 304 g/mol. The zero-order valence-corrected chi connectivity index (χ0v) is 11.6. The molecular weight excluding hydrogens is 292 g/mol. The van der Waals surface area contributed by atoms with Crippen LogP contribution in [0.1, 0.15) is 11.3 Å². The Morgan fingerprint density at radius 1 is 1.28 bits per heavy atom. The second-order valence-electron chi connectivity index (χ2n) is 4.38. The second kappa shape index (κ2) is 4.69. The summed E-state index contributed by atoms with van der Waals surface area (Å²) in [5.41, 5.74) is 3.18. The largest absolute Gasteiger partial charge is 0.473 e. The second-order valence-corrected chi connectivity index (χ2v) is 5.03. The van der Waals surface area contributed by atoms with Gasteiger partial charge in [-0.25, -0.2) is 4.98 Å². The third-order valence-electron chi connectivity index (χ3n) is 3.09. The molecule has 3 rings (SSSR count). The molecule has 1 unspecified atom stereocenters. The SMILES string of the molecule is Cc1nc(-c2ccccc2)nc2c1CC(CBr)O2. The predicted octanol–water partition coefficient (Wildman–Crippen LogP) is 3.15. The zero-order valence-electron chi connectivity index (χ0n) is 10.1. The molecule has 0 amide bonds. The summed E-state index contributed by atoms with van der Waals surface area (Å²) in [5, 5.41) is 0.823. The quantitative estimate of drug-likeness (QED) is 0.800. The molecule has 1 aromatic heterocycles. The summed E-state index contributed by atoms with van der Waals surface area (Å²) in [6, 6.07) is 9.99. The van der Waals surface area contributed by atoms with Crippen molar-refractivity contribution in [3.63, 3.8) is 0 Å². The molecule has 1 aliphatic rings. The van der Waals surface area contributed by atoms with Crippen molar-refractivity contribution in [2.45, 2.75) is 19.4 Å². The van der Waals surface area contributed by atoms with Crippen molar-refractivity contribution in [2.24, 2.45) is 0 Å². The van der Waals surface area contributed by atoms with E-state index in [0.29, 0.717) is 0 Å². The lowest BCUT2D eigenvalue weighted by atomic mass is 10.1. The van der Waals surface area contributed by atoms with E-state index >= 15 is 0 Å². The lowest BCUT2D eigenvalue weighted by Gasteiger charge is -2.06. The van der Waals surface area contributed by atoms with Gasteiger partial charge in [0.15, 0.2) is 5.82 Å². The van der Waals surface area contributed by atoms with Crippen LogP contribution in [-0.2, 0) is 6.42 Å². The first-order valence-corrected chi connectivity index (χ1v) is 7.05. The number of ether oxygens (including phenoxy) is 1. The van der Waals surface area contributed by atoms with Gasteiger partial charge in [0.05, 0.1) is 0 Å². The van der Waals surface area contributed by atoms with Crippen LogP contribution < -0.4 is 4.74 Å². The Kier molecular flexibility index (Phi) is 3.04. The molecule has 4 heteroatoms. The Bertz CT molecular complexity index is 572. The van der Waals surface area contributed by atoms with Crippen LogP contribution >= 0.6 is 15.9 Å². The number of benzene rings is 1. The van der Waals surface area contributed by atoms with Crippen LogP contribution in [0.25, 0.3) is 11.4 Å². The van der Waals surface area contributed by atoms with Crippen molar-refractivity contribution in [2.75, 3.05) is 5.33 Å². The topological polar surface area (TPSA) is 35.0 Å². The Hall–Kier alpha value is -1.42. The standard InChI is InChI=1S/C14H13BrN2O/c1-9-12-7-11(8-15)18-14(12)17-13(16-9)10-5-3-2-4-6-10/h2-6,11H,7-8H2,1H3. The maximum atomic E-state index is 5.80. The van der Waals surface area contributed by atoms with E-state index in [0.717, 1.165) is 40.3 Å². The number of hydrogen-bond donors (Lipinski definition) is 0. The van der Waals surface area contributed by atoms with Gasteiger partial charge in [0.1, 0.15) is 6.10 Å². The Morgan fingerprint density at radius 2 is 2.06 bits per heavy atom. The molecule has 0 saturated carbocycles. The lowest BCUT2D eigenvalue weighted by Crippen LogP contribution is -2.14. The molecule has 1 aromatic carbocycles. The van der Waals surface area contributed by atoms with Gasteiger partial charge in [-0.1, -0.05) is 46.3 Å². The van der Waals surface area contributed by atoms with Crippen LogP contribution in [-0.4, -0.2) is 21.4 Å². The molecule has 0 radical (unpaired) electrons. The maximum absolute atomic E-state index is 5.80. The first-order chi connectivity index (χ1) is 8.78. The van der Waals surface area contributed by atoms with Gasteiger partial charge in [-0.05, 0) is 6.92 Å². The normalized spacial score (nSPS) is 17.3. The summed E-state index contributed by atoms with van der Waals surface area (Å²) in [7, 11) is 0. The highest BCUT2D eigenvalue weighted by atomic mass is 79.9. The number of fused-ring (bicyclic) bond motifs is 1. The first kappa shape index (κ1) is 11.7. The van der Waals surface area contributed by atoms with Gasteiger partial charge in [0.25, 0.3) is 0 Å². The minimum Gasteiger partial charge on any atom is -0.473 e. The summed E-state index contributed by atoms with van der Waals surface area (Å²) in [4.78, 5) is 9.11. The minimum atomic E-state index is 0.180. The molecule has 0 saturated heterocycles. The summed E-state index contributed by atoms with van der Waals surface area (Å²) >= 11 is 3.45. The number of rotatable bonds is 2. The minimum absolute atomic E-state index is 0.180. The maximum Gasteiger partial charge on any atom is 0.220 e. The molecule has 92 valence electrons. The molecule has 1 aliphatic heterocycles. The van der Waals surface area contributed by atoms with Crippen molar-refractivity contribution < 1.29 is 4.74 Å².